The Hall–Kier alpha value is -2.94. The van der Waals surface area contributed by atoms with Gasteiger partial charge in [-0.25, -0.2) is 8.42 Å². The van der Waals surface area contributed by atoms with Crippen LogP contribution in [-0.4, -0.2) is 34.5 Å². The fourth-order valence-electron chi connectivity index (χ4n) is 3.53. The SMILES string of the molecule is CC(C)c1noc(C2CCCCC2)n1.CS(=O)(=O)c1ccc(-n2ccc(O)cc2=O)cc1. The quantitative estimate of drug-likeness (QED) is 0.622. The van der Waals surface area contributed by atoms with E-state index >= 15 is 0 Å². The molecule has 2 heterocycles. The third kappa shape index (κ3) is 6.06. The fourth-order valence-corrected chi connectivity index (χ4v) is 4.16. The van der Waals surface area contributed by atoms with E-state index in [9.17, 15) is 13.2 Å². The van der Waals surface area contributed by atoms with Crippen molar-refractivity contribution in [3.8, 4) is 11.4 Å². The molecule has 3 aromatic rings. The van der Waals surface area contributed by atoms with Gasteiger partial charge in [-0.05, 0) is 43.2 Å². The molecule has 0 spiro atoms. The Bertz CT molecular complexity index is 1190. The zero-order chi connectivity index (χ0) is 23.3. The smallest absolute Gasteiger partial charge is 0.258 e. The Balaban J connectivity index is 0.000000186. The molecule has 172 valence electrons. The molecule has 0 bridgehead atoms. The summed E-state index contributed by atoms with van der Waals surface area (Å²) in [4.78, 5) is 16.3. The van der Waals surface area contributed by atoms with E-state index in [4.69, 9.17) is 9.63 Å². The molecular weight excluding hydrogens is 430 g/mol. The van der Waals surface area contributed by atoms with Gasteiger partial charge in [-0.1, -0.05) is 38.3 Å². The molecule has 1 saturated carbocycles. The first kappa shape index (κ1) is 23.7. The molecule has 9 heteroatoms. The number of rotatable bonds is 4. The van der Waals surface area contributed by atoms with E-state index in [1.807, 2.05) is 0 Å². The van der Waals surface area contributed by atoms with Crippen LogP contribution in [0.3, 0.4) is 0 Å². The molecule has 32 heavy (non-hydrogen) atoms. The summed E-state index contributed by atoms with van der Waals surface area (Å²) in [5.74, 6) is 2.52. The third-order valence-electron chi connectivity index (χ3n) is 5.37. The molecule has 0 radical (unpaired) electrons. The first-order chi connectivity index (χ1) is 15.1. The molecule has 8 nitrogen and oxygen atoms in total. The Morgan fingerprint density at radius 1 is 1.09 bits per heavy atom. The number of pyridine rings is 1. The van der Waals surface area contributed by atoms with Crippen molar-refractivity contribution in [2.24, 2.45) is 0 Å². The van der Waals surface area contributed by atoms with E-state index in [0.717, 1.165) is 24.0 Å². The van der Waals surface area contributed by atoms with Gasteiger partial charge in [-0.2, -0.15) is 4.98 Å². The van der Waals surface area contributed by atoms with Crippen LogP contribution in [0.25, 0.3) is 5.69 Å². The Morgan fingerprint density at radius 2 is 1.75 bits per heavy atom. The lowest BCUT2D eigenvalue weighted by Crippen LogP contribution is -2.15. The highest BCUT2D eigenvalue weighted by Gasteiger charge is 2.21. The first-order valence-electron chi connectivity index (χ1n) is 10.7. The van der Waals surface area contributed by atoms with Crippen molar-refractivity contribution < 1.29 is 18.0 Å². The topological polar surface area (TPSA) is 115 Å². The number of aromatic nitrogens is 3. The summed E-state index contributed by atoms with van der Waals surface area (Å²) >= 11 is 0. The summed E-state index contributed by atoms with van der Waals surface area (Å²) in [5.41, 5.74) is 0.148. The second-order valence-electron chi connectivity index (χ2n) is 8.34. The molecule has 1 fully saturated rings. The fraction of sp³-hybridized carbons (Fsp3) is 0.435. The standard InChI is InChI=1S/C12H11NO4S.C11H18N2O/c1-18(16,17)11-4-2-9(3-5-11)13-7-6-10(14)8-12(13)15;1-8(2)10-12-11(14-13-10)9-6-4-3-5-7-9/h2-8,14H,1H3;8-9H,3-7H2,1-2H3. The molecule has 1 aliphatic rings. The predicted octanol–water partition coefficient (Wildman–Crippen LogP) is 4.19. The van der Waals surface area contributed by atoms with Gasteiger partial charge in [-0.3, -0.25) is 9.36 Å². The maximum Gasteiger partial charge on any atom is 0.258 e. The minimum Gasteiger partial charge on any atom is -0.508 e. The lowest BCUT2D eigenvalue weighted by atomic mass is 9.89. The van der Waals surface area contributed by atoms with Crippen molar-refractivity contribution in [3.63, 3.8) is 0 Å². The predicted molar refractivity (Wildman–Crippen MR) is 121 cm³/mol. The molecule has 1 aromatic carbocycles. The number of hydrogen-bond donors (Lipinski definition) is 1. The van der Waals surface area contributed by atoms with E-state index in [2.05, 4.69) is 24.0 Å². The normalized spacial score (nSPS) is 14.8. The monoisotopic (exact) mass is 459 g/mol. The van der Waals surface area contributed by atoms with Gasteiger partial charge < -0.3 is 9.63 Å². The second-order valence-corrected chi connectivity index (χ2v) is 10.4. The highest BCUT2D eigenvalue weighted by Crippen LogP contribution is 2.31. The summed E-state index contributed by atoms with van der Waals surface area (Å²) in [5, 5.41) is 13.1. The van der Waals surface area contributed by atoms with Gasteiger partial charge in [0, 0.05) is 36.0 Å². The van der Waals surface area contributed by atoms with Crippen LogP contribution in [0.15, 0.2) is 56.8 Å². The van der Waals surface area contributed by atoms with Gasteiger partial charge >= 0.3 is 0 Å². The molecule has 4 rings (SSSR count). The molecule has 0 saturated heterocycles. The van der Waals surface area contributed by atoms with Crippen LogP contribution in [0.2, 0.25) is 0 Å². The largest absolute Gasteiger partial charge is 0.508 e. The van der Waals surface area contributed by atoms with Gasteiger partial charge in [0.25, 0.3) is 5.56 Å². The van der Waals surface area contributed by atoms with Crippen molar-refractivity contribution in [1.82, 2.24) is 14.7 Å². The molecule has 2 aromatic heterocycles. The average Bonchev–Trinajstić information content (AvgIpc) is 3.25. The molecule has 1 aliphatic carbocycles. The van der Waals surface area contributed by atoms with Crippen LogP contribution in [0.5, 0.6) is 5.75 Å². The van der Waals surface area contributed by atoms with Crippen molar-refractivity contribution in [2.45, 2.75) is 62.7 Å². The Morgan fingerprint density at radius 3 is 2.28 bits per heavy atom. The molecule has 0 unspecified atom stereocenters. The van der Waals surface area contributed by atoms with Gasteiger partial charge in [0.15, 0.2) is 15.7 Å². The van der Waals surface area contributed by atoms with E-state index in [0.29, 0.717) is 17.5 Å². The molecule has 0 amide bonds. The van der Waals surface area contributed by atoms with Crippen molar-refractivity contribution >= 4 is 9.84 Å². The lowest BCUT2D eigenvalue weighted by molar-refractivity contribution is 0.311. The van der Waals surface area contributed by atoms with Crippen molar-refractivity contribution in [2.75, 3.05) is 6.26 Å². The number of sulfone groups is 1. The van der Waals surface area contributed by atoms with Crippen LogP contribution in [0.4, 0.5) is 0 Å². The van der Waals surface area contributed by atoms with Crippen LogP contribution in [-0.2, 0) is 9.84 Å². The molecular formula is C23H29N3O5S. The number of benzene rings is 1. The van der Waals surface area contributed by atoms with Crippen LogP contribution in [0, 0.1) is 0 Å². The third-order valence-corrected chi connectivity index (χ3v) is 6.50. The second kappa shape index (κ2) is 10.1. The van der Waals surface area contributed by atoms with Crippen LogP contribution < -0.4 is 5.56 Å². The highest BCUT2D eigenvalue weighted by atomic mass is 32.2. The van der Waals surface area contributed by atoms with Gasteiger partial charge in [0.1, 0.15) is 5.75 Å². The summed E-state index contributed by atoms with van der Waals surface area (Å²) < 4.78 is 29.2. The summed E-state index contributed by atoms with van der Waals surface area (Å²) in [6.07, 6.45) is 8.97. The van der Waals surface area contributed by atoms with E-state index in [1.165, 1.54) is 73.2 Å². The molecule has 0 atom stereocenters. The maximum atomic E-state index is 11.6. The van der Waals surface area contributed by atoms with Crippen LogP contribution >= 0.6 is 0 Å². The minimum absolute atomic E-state index is 0.107. The zero-order valence-electron chi connectivity index (χ0n) is 18.6. The summed E-state index contributed by atoms with van der Waals surface area (Å²) in [6.45, 7) is 4.19. The highest BCUT2D eigenvalue weighted by molar-refractivity contribution is 7.90. The Kier molecular flexibility index (Phi) is 7.50. The lowest BCUT2D eigenvalue weighted by Gasteiger charge is -2.17. The molecule has 0 aliphatic heterocycles. The number of nitrogens with zero attached hydrogens (tertiary/aromatic N) is 3. The van der Waals surface area contributed by atoms with Crippen molar-refractivity contribution in [3.05, 3.63) is 64.7 Å². The number of aromatic hydroxyl groups is 1. The van der Waals surface area contributed by atoms with E-state index in [-0.39, 0.29) is 16.2 Å². The Labute approximate surface area is 187 Å². The van der Waals surface area contributed by atoms with Gasteiger partial charge in [-0.15, -0.1) is 0 Å². The number of hydrogen-bond acceptors (Lipinski definition) is 7. The van der Waals surface area contributed by atoms with Crippen molar-refractivity contribution in [1.29, 1.82) is 0 Å². The minimum atomic E-state index is -3.25. The average molecular weight is 460 g/mol. The first-order valence-corrected chi connectivity index (χ1v) is 12.6. The van der Waals surface area contributed by atoms with Gasteiger partial charge in [0.05, 0.1) is 4.90 Å². The van der Waals surface area contributed by atoms with Gasteiger partial charge in [0.2, 0.25) is 5.89 Å². The maximum absolute atomic E-state index is 11.6. The zero-order valence-corrected chi connectivity index (χ0v) is 19.4. The summed E-state index contributed by atoms with van der Waals surface area (Å²) in [7, 11) is -3.25. The summed E-state index contributed by atoms with van der Waals surface area (Å²) in [6, 6.07) is 8.41. The van der Waals surface area contributed by atoms with E-state index in [1.54, 1.807) is 0 Å². The molecule has 1 N–H and O–H groups in total. The van der Waals surface area contributed by atoms with E-state index < -0.39 is 9.84 Å². The van der Waals surface area contributed by atoms with Crippen LogP contribution in [0.1, 0.15) is 69.5 Å².